The minimum absolute atomic E-state index is 0. The van der Waals surface area contributed by atoms with Crippen LogP contribution in [0, 0.1) is 11.6 Å². The van der Waals surface area contributed by atoms with Crippen LogP contribution >= 0.6 is 12.4 Å². The van der Waals surface area contributed by atoms with Crippen LogP contribution in [-0.2, 0) is 10.0 Å². The van der Waals surface area contributed by atoms with Crippen molar-refractivity contribution >= 4 is 22.4 Å². The van der Waals surface area contributed by atoms with Crippen molar-refractivity contribution < 1.29 is 17.2 Å². The second kappa shape index (κ2) is 7.31. The molecular weight excluding hydrogens is 310 g/mol. The molecule has 4 nitrogen and oxygen atoms in total. The van der Waals surface area contributed by atoms with Gasteiger partial charge in [-0.3, -0.25) is 0 Å². The average molecular weight is 329 g/mol. The first-order valence-corrected chi connectivity index (χ1v) is 7.46. The molecule has 1 aromatic carbocycles. The van der Waals surface area contributed by atoms with Crippen LogP contribution in [0.2, 0.25) is 0 Å². The molecule has 0 spiro atoms. The summed E-state index contributed by atoms with van der Waals surface area (Å²) in [5.41, 5.74) is 5.22. The molecule has 8 heteroatoms. The summed E-state index contributed by atoms with van der Waals surface area (Å²) in [6.07, 6.45) is 1.09. The molecule has 1 rings (SSSR count). The van der Waals surface area contributed by atoms with Gasteiger partial charge in [0.15, 0.2) is 4.90 Å². The number of hydrogen-bond acceptors (Lipinski definition) is 3. The third-order valence-electron chi connectivity index (χ3n) is 3.21. The lowest BCUT2D eigenvalue weighted by atomic mass is 9.95. The first-order valence-electron chi connectivity index (χ1n) is 5.98. The number of hydrogen-bond donors (Lipinski definition) is 2. The highest BCUT2D eigenvalue weighted by Crippen LogP contribution is 2.19. The van der Waals surface area contributed by atoms with Crippen molar-refractivity contribution in [3.63, 3.8) is 0 Å². The molecule has 0 aliphatic heterocycles. The van der Waals surface area contributed by atoms with Crippen molar-refractivity contribution in [3.8, 4) is 0 Å². The van der Waals surface area contributed by atoms with Crippen molar-refractivity contribution in [1.29, 1.82) is 0 Å². The zero-order chi connectivity index (χ0) is 14.7. The van der Waals surface area contributed by atoms with Gasteiger partial charge in [0.05, 0.1) is 0 Å². The highest BCUT2D eigenvalue weighted by Gasteiger charge is 2.27. The Morgan fingerprint density at radius 1 is 1.20 bits per heavy atom. The van der Waals surface area contributed by atoms with Crippen LogP contribution in [-0.4, -0.2) is 20.5 Å². The summed E-state index contributed by atoms with van der Waals surface area (Å²) >= 11 is 0. The van der Waals surface area contributed by atoms with Gasteiger partial charge in [0, 0.05) is 12.1 Å². The number of halogens is 3. The smallest absolute Gasteiger partial charge is 0.246 e. The first-order chi connectivity index (χ1) is 8.75. The fraction of sp³-hybridized carbons (Fsp3) is 0.500. The van der Waals surface area contributed by atoms with Crippen LogP contribution in [0.3, 0.4) is 0 Å². The molecule has 0 saturated heterocycles. The lowest BCUT2D eigenvalue weighted by Crippen LogP contribution is -2.49. The van der Waals surface area contributed by atoms with Gasteiger partial charge in [-0.1, -0.05) is 19.9 Å². The van der Waals surface area contributed by atoms with Crippen molar-refractivity contribution in [2.24, 2.45) is 5.73 Å². The molecule has 0 amide bonds. The largest absolute Gasteiger partial charge is 0.324 e. The molecule has 0 saturated carbocycles. The second-order valence-electron chi connectivity index (χ2n) is 4.44. The van der Waals surface area contributed by atoms with Crippen LogP contribution in [0.15, 0.2) is 23.1 Å². The van der Waals surface area contributed by atoms with Gasteiger partial charge in [0.25, 0.3) is 0 Å². The molecule has 0 aliphatic carbocycles. The van der Waals surface area contributed by atoms with E-state index in [1.165, 1.54) is 0 Å². The standard InChI is InChI=1S/C12H18F2N2O2S.ClH/c1-3-12(15,4-2)8-16-19(17,18)11-9(13)6-5-7-10(11)14;/h5-7,16H,3-4,8,15H2,1-2H3;1H. The zero-order valence-electron chi connectivity index (χ0n) is 11.3. The van der Waals surface area contributed by atoms with Crippen molar-refractivity contribution in [2.45, 2.75) is 37.1 Å². The molecular formula is C12H19ClF2N2O2S. The SMILES string of the molecule is CCC(N)(CC)CNS(=O)(=O)c1c(F)cccc1F.Cl. The summed E-state index contributed by atoms with van der Waals surface area (Å²) < 4.78 is 52.9. The third-order valence-corrected chi connectivity index (χ3v) is 4.66. The van der Waals surface area contributed by atoms with E-state index in [1.54, 1.807) is 0 Å². The molecule has 0 atom stereocenters. The normalized spacial score (nSPS) is 12.1. The Bertz CT molecular complexity index is 528. The summed E-state index contributed by atoms with van der Waals surface area (Å²) in [5.74, 6) is -2.24. The average Bonchev–Trinajstić information content (AvgIpc) is 2.35. The Balaban J connectivity index is 0.00000361. The topological polar surface area (TPSA) is 72.2 Å². The van der Waals surface area contributed by atoms with E-state index in [4.69, 9.17) is 5.73 Å². The van der Waals surface area contributed by atoms with Gasteiger partial charge >= 0.3 is 0 Å². The van der Waals surface area contributed by atoms with E-state index in [0.29, 0.717) is 12.8 Å². The predicted octanol–water partition coefficient (Wildman–Crippen LogP) is 2.18. The van der Waals surface area contributed by atoms with Crippen molar-refractivity contribution in [3.05, 3.63) is 29.8 Å². The van der Waals surface area contributed by atoms with Crippen molar-refractivity contribution in [2.75, 3.05) is 6.54 Å². The van der Waals surface area contributed by atoms with Gasteiger partial charge in [0.1, 0.15) is 11.6 Å². The maximum atomic E-state index is 13.4. The number of benzene rings is 1. The molecule has 0 aromatic heterocycles. The molecule has 0 aliphatic rings. The lowest BCUT2D eigenvalue weighted by molar-refractivity contribution is 0.390. The summed E-state index contributed by atoms with van der Waals surface area (Å²) in [4.78, 5) is -0.968. The number of sulfonamides is 1. The predicted molar refractivity (Wildman–Crippen MR) is 76.3 cm³/mol. The van der Waals surface area contributed by atoms with E-state index in [9.17, 15) is 17.2 Å². The Labute approximate surface area is 124 Å². The number of nitrogens with two attached hydrogens (primary N) is 1. The van der Waals surface area contributed by atoms with E-state index in [-0.39, 0.29) is 19.0 Å². The van der Waals surface area contributed by atoms with Crippen LogP contribution in [0.5, 0.6) is 0 Å². The zero-order valence-corrected chi connectivity index (χ0v) is 13.0. The maximum absolute atomic E-state index is 13.4. The number of rotatable bonds is 6. The number of nitrogens with one attached hydrogen (secondary N) is 1. The molecule has 0 unspecified atom stereocenters. The fourth-order valence-electron chi connectivity index (χ4n) is 1.55. The third kappa shape index (κ3) is 4.37. The fourth-order valence-corrected chi connectivity index (χ4v) is 2.82. The molecule has 116 valence electrons. The van der Waals surface area contributed by atoms with Gasteiger partial charge in [0.2, 0.25) is 10.0 Å². The summed E-state index contributed by atoms with van der Waals surface area (Å²) in [5, 5.41) is 0. The lowest BCUT2D eigenvalue weighted by Gasteiger charge is -2.26. The van der Waals surface area contributed by atoms with Gasteiger partial charge in [-0.15, -0.1) is 12.4 Å². The Morgan fingerprint density at radius 3 is 2.05 bits per heavy atom. The van der Waals surface area contributed by atoms with Gasteiger partial charge in [-0.25, -0.2) is 21.9 Å². The maximum Gasteiger partial charge on any atom is 0.246 e. The summed E-state index contributed by atoms with van der Waals surface area (Å²) in [6.45, 7) is 3.57. The molecule has 20 heavy (non-hydrogen) atoms. The Kier molecular flexibility index (Phi) is 7.03. The van der Waals surface area contributed by atoms with Gasteiger partial charge in [-0.05, 0) is 25.0 Å². The highest BCUT2D eigenvalue weighted by molar-refractivity contribution is 7.89. The van der Waals surface area contributed by atoms with Crippen LogP contribution < -0.4 is 10.5 Å². The van der Waals surface area contributed by atoms with E-state index in [2.05, 4.69) is 4.72 Å². The van der Waals surface area contributed by atoms with E-state index < -0.39 is 32.1 Å². The van der Waals surface area contributed by atoms with E-state index in [0.717, 1.165) is 18.2 Å². The minimum Gasteiger partial charge on any atom is -0.324 e. The van der Waals surface area contributed by atoms with Crippen molar-refractivity contribution in [1.82, 2.24) is 4.72 Å². The monoisotopic (exact) mass is 328 g/mol. The summed E-state index contributed by atoms with van der Waals surface area (Å²) in [6, 6.07) is 2.90. The molecule has 0 heterocycles. The minimum atomic E-state index is -4.25. The highest BCUT2D eigenvalue weighted by atomic mass is 35.5. The van der Waals surface area contributed by atoms with E-state index in [1.807, 2.05) is 13.8 Å². The first kappa shape index (κ1) is 19.2. The quantitative estimate of drug-likeness (QED) is 0.840. The van der Waals surface area contributed by atoms with Crippen LogP contribution in [0.25, 0.3) is 0 Å². The van der Waals surface area contributed by atoms with Gasteiger partial charge in [-0.2, -0.15) is 0 Å². The van der Waals surface area contributed by atoms with Gasteiger partial charge < -0.3 is 5.73 Å². The van der Waals surface area contributed by atoms with Crippen LogP contribution in [0.1, 0.15) is 26.7 Å². The molecule has 1 aromatic rings. The molecule has 0 bridgehead atoms. The van der Waals surface area contributed by atoms with E-state index >= 15 is 0 Å². The molecule has 0 radical (unpaired) electrons. The molecule has 3 N–H and O–H groups in total. The Hall–Kier alpha value is -0.760. The molecule has 0 fully saturated rings. The summed E-state index contributed by atoms with van der Waals surface area (Å²) in [7, 11) is -4.25. The Morgan fingerprint density at radius 2 is 1.65 bits per heavy atom. The van der Waals surface area contributed by atoms with Crippen LogP contribution in [0.4, 0.5) is 8.78 Å². The second-order valence-corrected chi connectivity index (χ2v) is 6.15.